The summed E-state index contributed by atoms with van der Waals surface area (Å²) in [6, 6.07) is 0. The van der Waals surface area contributed by atoms with Crippen LogP contribution in [0, 0.1) is 18.3 Å². The summed E-state index contributed by atoms with van der Waals surface area (Å²) in [5, 5.41) is 3.34. The van der Waals surface area contributed by atoms with Gasteiger partial charge in [-0.2, -0.15) is 0 Å². The molecule has 0 spiro atoms. The molecule has 0 rings (SSSR count). The molecule has 0 fully saturated rings. The molecular weight excluding hydrogens is 162 g/mol. The van der Waals surface area contributed by atoms with E-state index in [1.165, 1.54) is 6.42 Å². The van der Waals surface area contributed by atoms with Crippen molar-refractivity contribution in [2.75, 3.05) is 20.3 Å². The molecule has 2 unspecified atom stereocenters. The molecule has 13 heavy (non-hydrogen) atoms. The molecule has 2 nitrogen and oxygen atoms in total. The SMILES string of the molecule is C#CC(C)(COC)NCC(C)CC. The summed E-state index contributed by atoms with van der Waals surface area (Å²) in [4.78, 5) is 0. The summed E-state index contributed by atoms with van der Waals surface area (Å²) in [5.41, 5.74) is -0.321. The summed E-state index contributed by atoms with van der Waals surface area (Å²) < 4.78 is 5.06. The van der Waals surface area contributed by atoms with Crippen molar-refractivity contribution in [2.45, 2.75) is 32.7 Å². The van der Waals surface area contributed by atoms with Crippen LogP contribution in [0.15, 0.2) is 0 Å². The van der Waals surface area contributed by atoms with Gasteiger partial charge < -0.3 is 4.74 Å². The molecule has 0 bridgehead atoms. The first-order valence-corrected chi connectivity index (χ1v) is 4.79. The van der Waals surface area contributed by atoms with Gasteiger partial charge in [0.2, 0.25) is 0 Å². The lowest BCUT2D eigenvalue weighted by Gasteiger charge is -2.25. The molecule has 0 radical (unpaired) electrons. The van der Waals surface area contributed by atoms with E-state index >= 15 is 0 Å². The number of terminal acetylenes is 1. The zero-order valence-electron chi connectivity index (χ0n) is 9.18. The molecule has 0 saturated heterocycles. The third kappa shape index (κ3) is 4.92. The summed E-state index contributed by atoms with van der Waals surface area (Å²) in [6.45, 7) is 7.87. The smallest absolute Gasteiger partial charge is 0.101 e. The molecular formula is C11H21NO. The van der Waals surface area contributed by atoms with Gasteiger partial charge in [0, 0.05) is 7.11 Å². The Bertz CT molecular complexity index is 173. The van der Waals surface area contributed by atoms with E-state index in [0.717, 1.165) is 6.54 Å². The van der Waals surface area contributed by atoms with Crippen LogP contribution in [0.2, 0.25) is 0 Å². The van der Waals surface area contributed by atoms with Gasteiger partial charge in [-0.3, -0.25) is 5.32 Å². The van der Waals surface area contributed by atoms with Crippen LogP contribution in [0.25, 0.3) is 0 Å². The van der Waals surface area contributed by atoms with Crippen molar-refractivity contribution in [1.29, 1.82) is 0 Å². The van der Waals surface area contributed by atoms with Crippen LogP contribution in [-0.4, -0.2) is 25.8 Å². The van der Waals surface area contributed by atoms with Gasteiger partial charge in [0.15, 0.2) is 0 Å². The van der Waals surface area contributed by atoms with Crippen molar-refractivity contribution >= 4 is 0 Å². The van der Waals surface area contributed by atoms with Crippen LogP contribution in [-0.2, 0) is 4.74 Å². The van der Waals surface area contributed by atoms with Crippen molar-refractivity contribution in [3.63, 3.8) is 0 Å². The van der Waals surface area contributed by atoms with Crippen molar-refractivity contribution in [3.8, 4) is 12.3 Å². The maximum Gasteiger partial charge on any atom is 0.101 e. The molecule has 2 atom stereocenters. The highest BCUT2D eigenvalue weighted by molar-refractivity contribution is 5.10. The third-order valence-corrected chi connectivity index (χ3v) is 2.29. The minimum atomic E-state index is -0.321. The van der Waals surface area contributed by atoms with Gasteiger partial charge in [0.25, 0.3) is 0 Å². The van der Waals surface area contributed by atoms with Crippen LogP contribution < -0.4 is 5.32 Å². The van der Waals surface area contributed by atoms with E-state index in [9.17, 15) is 0 Å². The van der Waals surface area contributed by atoms with Crippen molar-refractivity contribution in [1.82, 2.24) is 5.32 Å². The Kier molecular flexibility index (Phi) is 5.77. The number of methoxy groups -OCH3 is 1. The summed E-state index contributed by atoms with van der Waals surface area (Å²) >= 11 is 0. The first kappa shape index (κ1) is 12.5. The van der Waals surface area contributed by atoms with Gasteiger partial charge >= 0.3 is 0 Å². The fourth-order valence-electron chi connectivity index (χ4n) is 0.976. The summed E-state index contributed by atoms with van der Waals surface area (Å²) in [7, 11) is 1.67. The van der Waals surface area contributed by atoms with Crippen molar-refractivity contribution < 1.29 is 4.74 Å². The monoisotopic (exact) mass is 183 g/mol. The van der Waals surface area contributed by atoms with Crippen LogP contribution in [0.5, 0.6) is 0 Å². The van der Waals surface area contributed by atoms with Gasteiger partial charge in [-0.15, -0.1) is 6.42 Å². The van der Waals surface area contributed by atoms with Gasteiger partial charge in [-0.1, -0.05) is 26.2 Å². The molecule has 1 N–H and O–H groups in total. The van der Waals surface area contributed by atoms with Crippen LogP contribution >= 0.6 is 0 Å². The molecule has 0 aliphatic heterocycles. The maximum atomic E-state index is 5.43. The largest absolute Gasteiger partial charge is 0.382 e. The number of hydrogen-bond acceptors (Lipinski definition) is 2. The first-order valence-electron chi connectivity index (χ1n) is 4.79. The van der Waals surface area contributed by atoms with Gasteiger partial charge in [-0.25, -0.2) is 0 Å². The molecule has 0 aromatic heterocycles. The molecule has 2 heteroatoms. The Morgan fingerprint density at radius 2 is 2.23 bits per heavy atom. The summed E-state index contributed by atoms with van der Waals surface area (Å²) in [5.74, 6) is 3.38. The quantitative estimate of drug-likeness (QED) is 0.632. The molecule has 0 heterocycles. The predicted molar refractivity (Wildman–Crippen MR) is 56.6 cm³/mol. The Balaban J connectivity index is 3.92. The van der Waals surface area contributed by atoms with Crippen LogP contribution in [0.4, 0.5) is 0 Å². The molecule has 0 aromatic rings. The average Bonchev–Trinajstić information content (AvgIpc) is 2.15. The lowest BCUT2D eigenvalue weighted by atomic mass is 10.0. The Hall–Kier alpha value is -0.520. The maximum absolute atomic E-state index is 5.43. The lowest BCUT2D eigenvalue weighted by molar-refractivity contribution is 0.144. The first-order chi connectivity index (χ1) is 6.08. The summed E-state index contributed by atoms with van der Waals surface area (Å²) in [6.07, 6.45) is 6.60. The number of nitrogens with one attached hydrogen (secondary N) is 1. The van der Waals surface area contributed by atoms with Gasteiger partial charge in [0.1, 0.15) is 5.54 Å². The highest BCUT2D eigenvalue weighted by atomic mass is 16.5. The zero-order chi connectivity index (χ0) is 10.3. The standard InChI is InChI=1S/C11H21NO/c1-6-10(3)8-12-11(4,7-2)9-13-5/h2,10,12H,6,8-9H2,1,3-5H3. The van der Waals surface area contributed by atoms with E-state index < -0.39 is 0 Å². The predicted octanol–water partition coefficient (Wildman–Crippen LogP) is 1.66. The van der Waals surface area contributed by atoms with Crippen LogP contribution in [0.1, 0.15) is 27.2 Å². The normalized spacial score (nSPS) is 17.5. The second-order valence-corrected chi connectivity index (χ2v) is 3.80. The number of ether oxygens (including phenoxy) is 1. The molecule has 0 amide bonds. The minimum absolute atomic E-state index is 0.321. The van der Waals surface area contributed by atoms with E-state index in [1.807, 2.05) is 6.92 Å². The Morgan fingerprint density at radius 1 is 1.62 bits per heavy atom. The van der Waals surface area contributed by atoms with Gasteiger partial charge in [0.05, 0.1) is 6.61 Å². The molecule has 0 saturated carbocycles. The van der Waals surface area contributed by atoms with Crippen LogP contribution in [0.3, 0.4) is 0 Å². The van der Waals surface area contributed by atoms with E-state index in [0.29, 0.717) is 12.5 Å². The average molecular weight is 183 g/mol. The van der Waals surface area contributed by atoms with E-state index in [-0.39, 0.29) is 5.54 Å². The number of rotatable bonds is 6. The molecule has 0 aliphatic carbocycles. The highest BCUT2D eigenvalue weighted by Crippen LogP contribution is 2.05. The molecule has 0 aliphatic rings. The Labute approximate surface area is 82.1 Å². The highest BCUT2D eigenvalue weighted by Gasteiger charge is 2.20. The zero-order valence-corrected chi connectivity index (χ0v) is 9.18. The van der Waals surface area contributed by atoms with Crippen molar-refractivity contribution in [2.24, 2.45) is 5.92 Å². The molecule has 76 valence electrons. The fraction of sp³-hybridized carbons (Fsp3) is 0.818. The topological polar surface area (TPSA) is 21.3 Å². The molecule has 0 aromatic carbocycles. The second-order valence-electron chi connectivity index (χ2n) is 3.80. The lowest BCUT2D eigenvalue weighted by Crippen LogP contribution is -2.46. The third-order valence-electron chi connectivity index (χ3n) is 2.29. The van der Waals surface area contributed by atoms with Crippen molar-refractivity contribution in [3.05, 3.63) is 0 Å². The van der Waals surface area contributed by atoms with E-state index in [2.05, 4.69) is 25.1 Å². The van der Waals surface area contributed by atoms with E-state index in [1.54, 1.807) is 7.11 Å². The number of hydrogen-bond donors (Lipinski definition) is 1. The minimum Gasteiger partial charge on any atom is -0.382 e. The second kappa shape index (κ2) is 6.01. The van der Waals surface area contributed by atoms with E-state index in [4.69, 9.17) is 11.2 Å². The Morgan fingerprint density at radius 3 is 2.62 bits per heavy atom. The fourth-order valence-corrected chi connectivity index (χ4v) is 0.976. The van der Waals surface area contributed by atoms with Gasteiger partial charge in [-0.05, 0) is 19.4 Å².